The molecule has 1 amide bonds. The summed E-state index contributed by atoms with van der Waals surface area (Å²) in [6, 6.07) is 3.26. The second-order valence-corrected chi connectivity index (χ2v) is 6.11. The van der Waals surface area contributed by atoms with Crippen LogP contribution in [0.5, 0.6) is 5.75 Å². The van der Waals surface area contributed by atoms with Crippen molar-refractivity contribution in [3.05, 3.63) is 27.7 Å². The van der Waals surface area contributed by atoms with Crippen LogP contribution in [0, 0.1) is 6.92 Å². The van der Waals surface area contributed by atoms with Gasteiger partial charge in [0.05, 0.1) is 0 Å². The van der Waals surface area contributed by atoms with Crippen molar-refractivity contribution in [3.8, 4) is 5.75 Å². The first-order chi connectivity index (χ1) is 9.90. The molecule has 1 atom stereocenters. The minimum atomic E-state index is -1.07. The third-order valence-electron chi connectivity index (χ3n) is 3.53. The first kappa shape index (κ1) is 15.8. The fraction of sp³-hybridized carbons (Fsp3) is 0.467. The number of benzene rings is 1. The number of aryl methyl sites for hydroxylation is 1. The van der Waals surface area contributed by atoms with Crippen molar-refractivity contribution in [3.63, 3.8) is 0 Å². The van der Waals surface area contributed by atoms with Crippen molar-refractivity contribution < 1.29 is 19.4 Å². The molecule has 2 rings (SSSR count). The molecule has 0 saturated carbocycles. The maximum absolute atomic E-state index is 12.3. The van der Waals surface area contributed by atoms with Gasteiger partial charge in [-0.3, -0.25) is 4.79 Å². The van der Waals surface area contributed by atoms with Crippen LogP contribution in [-0.2, 0) is 4.79 Å². The molecule has 6 heteroatoms. The number of ether oxygens (including phenoxy) is 1. The molecule has 0 aliphatic carbocycles. The Bertz CT molecular complexity index is 567. The summed E-state index contributed by atoms with van der Waals surface area (Å²) < 4.78 is 6.34. The number of nitrogens with zero attached hydrogens (tertiary/aromatic N) is 1. The summed E-state index contributed by atoms with van der Waals surface area (Å²) in [6.45, 7) is 4.92. The lowest BCUT2D eigenvalue weighted by Crippen LogP contribution is -2.38. The van der Waals surface area contributed by atoms with Gasteiger partial charge in [-0.05, 0) is 44.4 Å². The van der Waals surface area contributed by atoms with Crippen LogP contribution in [-0.4, -0.2) is 41.1 Å². The van der Waals surface area contributed by atoms with Crippen LogP contribution in [0.2, 0.25) is 0 Å². The van der Waals surface area contributed by atoms with Crippen molar-refractivity contribution in [2.75, 3.05) is 13.1 Å². The highest BCUT2D eigenvalue weighted by Gasteiger charge is 2.26. The van der Waals surface area contributed by atoms with E-state index in [9.17, 15) is 14.7 Å². The van der Waals surface area contributed by atoms with Gasteiger partial charge in [0.15, 0.2) is 6.10 Å². The number of hydrogen-bond acceptors (Lipinski definition) is 3. The Morgan fingerprint density at radius 3 is 2.52 bits per heavy atom. The monoisotopic (exact) mass is 355 g/mol. The zero-order valence-corrected chi connectivity index (χ0v) is 13.6. The molecule has 21 heavy (non-hydrogen) atoms. The largest absolute Gasteiger partial charge is 0.480 e. The zero-order valence-electron chi connectivity index (χ0n) is 12.1. The smallest absolute Gasteiger partial charge is 0.339 e. The van der Waals surface area contributed by atoms with E-state index in [4.69, 9.17) is 4.74 Å². The number of carbonyl (C=O) groups is 2. The molecule has 1 unspecified atom stereocenters. The summed E-state index contributed by atoms with van der Waals surface area (Å²) in [6.07, 6.45) is 1.33. The molecule has 5 nitrogen and oxygen atoms in total. The second kappa shape index (κ2) is 6.47. The van der Waals surface area contributed by atoms with Crippen LogP contribution in [0.25, 0.3) is 0 Å². The van der Waals surface area contributed by atoms with Gasteiger partial charge in [0.2, 0.25) is 0 Å². The summed E-state index contributed by atoms with van der Waals surface area (Å²) in [5, 5.41) is 9.28. The predicted octanol–water partition coefficient (Wildman–Crippen LogP) is 2.85. The van der Waals surface area contributed by atoms with E-state index in [-0.39, 0.29) is 17.2 Å². The lowest BCUT2D eigenvalue weighted by atomic mass is 10.1. The fourth-order valence-electron chi connectivity index (χ4n) is 2.47. The van der Waals surface area contributed by atoms with E-state index in [2.05, 4.69) is 15.9 Å². The Labute approximate surface area is 132 Å². The molecule has 0 aromatic heterocycles. The van der Waals surface area contributed by atoms with Gasteiger partial charge in [0.25, 0.3) is 5.91 Å². The summed E-state index contributed by atoms with van der Waals surface area (Å²) in [5.41, 5.74) is 0.741. The van der Waals surface area contributed by atoms with Gasteiger partial charge in [-0.15, -0.1) is 0 Å². The number of rotatable bonds is 4. The molecule has 1 aliphatic rings. The molecule has 0 bridgehead atoms. The van der Waals surface area contributed by atoms with Crippen LogP contribution in [0.15, 0.2) is 16.6 Å². The Kier molecular flexibility index (Phi) is 4.88. The van der Waals surface area contributed by atoms with Gasteiger partial charge in [-0.2, -0.15) is 0 Å². The minimum Gasteiger partial charge on any atom is -0.480 e. The Hall–Kier alpha value is -1.56. The maximum atomic E-state index is 12.3. The van der Waals surface area contributed by atoms with Crippen LogP contribution < -0.4 is 4.74 Å². The van der Waals surface area contributed by atoms with E-state index in [1.165, 1.54) is 6.07 Å². The normalized spacial score (nSPS) is 15.9. The highest BCUT2D eigenvalue weighted by atomic mass is 79.9. The molecule has 0 radical (unpaired) electrons. The Morgan fingerprint density at radius 2 is 1.95 bits per heavy atom. The SMILES string of the molecule is Cc1cc(Br)cc(C(=O)O)c1OC(C)C(=O)N1CCCC1. The molecule has 1 heterocycles. The van der Waals surface area contributed by atoms with Gasteiger partial charge in [-0.1, -0.05) is 15.9 Å². The van der Waals surface area contributed by atoms with Crippen LogP contribution in [0.1, 0.15) is 35.7 Å². The molecule has 1 aromatic rings. The molecular formula is C15H18BrNO4. The van der Waals surface area contributed by atoms with Gasteiger partial charge in [0, 0.05) is 17.6 Å². The Balaban J connectivity index is 2.22. The van der Waals surface area contributed by atoms with E-state index in [0.29, 0.717) is 10.0 Å². The van der Waals surface area contributed by atoms with E-state index >= 15 is 0 Å². The standard InChI is InChI=1S/C15H18BrNO4/c1-9-7-11(16)8-12(15(19)20)13(9)21-10(2)14(18)17-5-3-4-6-17/h7-8,10H,3-6H2,1-2H3,(H,19,20). The quantitative estimate of drug-likeness (QED) is 0.901. The van der Waals surface area contributed by atoms with Crippen molar-refractivity contribution in [2.45, 2.75) is 32.8 Å². The third-order valence-corrected chi connectivity index (χ3v) is 3.99. The number of hydrogen-bond donors (Lipinski definition) is 1. The van der Waals surface area contributed by atoms with Crippen molar-refractivity contribution in [1.82, 2.24) is 4.90 Å². The number of amides is 1. The highest BCUT2D eigenvalue weighted by molar-refractivity contribution is 9.10. The molecule has 1 N–H and O–H groups in total. The maximum Gasteiger partial charge on any atom is 0.339 e. The molecule has 1 aromatic carbocycles. The van der Waals surface area contributed by atoms with Crippen molar-refractivity contribution in [1.29, 1.82) is 0 Å². The Morgan fingerprint density at radius 1 is 1.33 bits per heavy atom. The van der Waals surface area contributed by atoms with Gasteiger partial charge < -0.3 is 14.7 Å². The van der Waals surface area contributed by atoms with E-state index in [1.54, 1.807) is 24.8 Å². The van der Waals surface area contributed by atoms with Gasteiger partial charge in [0.1, 0.15) is 11.3 Å². The lowest BCUT2D eigenvalue weighted by Gasteiger charge is -2.22. The zero-order chi connectivity index (χ0) is 15.6. The second-order valence-electron chi connectivity index (χ2n) is 5.20. The van der Waals surface area contributed by atoms with Gasteiger partial charge in [-0.25, -0.2) is 4.79 Å². The molecule has 114 valence electrons. The molecule has 1 saturated heterocycles. The fourth-order valence-corrected chi connectivity index (χ4v) is 3.04. The van der Waals surface area contributed by atoms with Crippen molar-refractivity contribution >= 4 is 27.8 Å². The number of aromatic carboxylic acids is 1. The minimum absolute atomic E-state index is 0.0583. The summed E-state index contributed by atoms with van der Waals surface area (Å²) in [4.78, 5) is 25.4. The molecular weight excluding hydrogens is 338 g/mol. The van der Waals surface area contributed by atoms with Crippen LogP contribution in [0.4, 0.5) is 0 Å². The summed E-state index contributed by atoms with van der Waals surface area (Å²) >= 11 is 3.27. The van der Waals surface area contributed by atoms with Crippen molar-refractivity contribution in [2.24, 2.45) is 0 Å². The molecule has 1 fully saturated rings. The summed E-state index contributed by atoms with van der Waals surface area (Å²) in [7, 11) is 0. The van der Waals surface area contributed by atoms with Crippen LogP contribution >= 0.6 is 15.9 Å². The number of likely N-dealkylation sites (tertiary alicyclic amines) is 1. The van der Waals surface area contributed by atoms with Gasteiger partial charge >= 0.3 is 5.97 Å². The number of carbonyl (C=O) groups excluding carboxylic acids is 1. The van der Waals surface area contributed by atoms with E-state index in [1.807, 2.05) is 0 Å². The van der Waals surface area contributed by atoms with Crippen LogP contribution in [0.3, 0.4) is 0 Å². The summed E-state index contributed by atoms with van der Waals surface area (Å²) in [5.74, 6) is -0.910. The topological polar surface area (TPSA) is 66.8 Å². The number of halogens is 1. The lowest BCUT2D eigenvalue weighted by molar-refractivity contribution is -0.136. The predicted molar refractivity (Wildman–Crippen MR) is 81.7 cm³/mol. The van der Waals surface area contributed by atoms with E-state index < -0.39 is 12.1 Å². The third kappa shape index (κ3) is 3.56. The number of carboxylic acids is 1. The van der Waals surface area contributed by atoms with E-state index in [0.717, 1.165) is 25.9 Å². The number of carboxylic acid groups (broad SMARTS) is 1. The molecule has 1 aliphatic heterocycles. The first-order valence-corrected chi connectivity index (χ1v) is 7.68. The average Bonchev–Trinajstić information content (AvgIpc) is 2.94. The molecule has 0 spiro atoms. The first-order valence-electron chi connectivity index (χ1n) is 6.89. The highest BCUT2D eigenvalue weighted by Crippen LogP contribution is 2.29. The average molecular weight is 356 g/mol.